The monoisotopic (exact) mass is 296 g/mol. The molecule has 0 amide bonds. The van der Waals surface area contributed by atoms with Gasteiger partial charge in [0.2, 0.25) is 0 Å². The van der Waals surface area contributed by atoms with E-state index in [2.05, 4.69) is 84.0 Å². The van der Waals surface area contributed by atoms with E-state index in [-0.39, 0.29) is 5.41 Å². The highest BCUT2D eigenvalue weighted by atomic mass is 14.5. The maximum atomic E-state index is 2.47. The normalized spacial score (nSPS) is 34.9. The van der Waals surface area contributed by atoms with Gasteiger partial charge >= 0.3 is 0 Å². The first-order valence-corrected chi connectivity index (χ1v) is 8.78. The lowest BCUT2D eigenvalue weighted by atomic mass is 9.54. The van der Waals surface area contributed by atoms with Crippen LogP contribution in [-0.4, -0.2) is 0 Å². The zero-order valence-corrected chi connectivity index (χ0v) is 15.2. The average Bonchev–Trinajstić information content (AvgIpc) is 2.56. The first-order valence-electron chi connectivity index (χ1n) is 8.78. The predicted octanol–water partition coefficient (Wildman–Crippen LogP) is 6.68. The second-order valence-corrected chi connectivity index (χ2v) is 7.55. The fourth-order valence-electron chi connectivity index (χ4n) is 3.98. The van der Waals surface area contributed by atoms with Crippen LogP contribution >= 0.6 is 0 Å². The Labute approximate surface area is 137 Å². The Morgan fingerprint density at radius 1 is 1.18 bits per heavy atom. The van der Waals surface area contributed by atoms with Crippen LogP contribution in [0.4, 0.5) is 0 Å². The van der Waals surface area contributed by atoms with E-state index in [0.29, 0.717) is 11.3 Å². The maximum Gasteiger partial charge on any atom is -0.00119 e. The Hall–Kier alpha value is -1.30. The summed E-state index contributed by atoms with van der Waals surface area (Å²) in [5.74, 6) is 0.573. The second kappa shape index (κ2) is 6.44. The van der Waals surface area contributed by atoms with E-state index in [9.17, 15) is 0 Å². The van der Waals surface area contributed by atoms with Crippen LogP contribution in [0.15, 0.2) is 53.6 Å². The summed E-state index contributed by atoms with van der Waals surface area (Å²) in [6, 6.07) is 11.1. The first-order chi connectivity index (χ1) is 10.4. The molecule has 1 aromatic rings. The molecule has 0 radical (unpaired) electrons. The number of hydrogen-bond donors (Lipinski definition) is 0. The summed E-state index contributed by atoms with van der Waals surface area (Å²) in [5, 5.41) is 0. The molecule has 22 heavy (non-hydrogen) atoms. The van der Waals surface area contributed by atoms with Crippen molar-refractivity contribution in [1.29, 1.82) is 0 Å². The zero-order valence-electron chi connectivity index (χ0n) is 15.2. The fourth-order valence-corrected chi connectivity index (χ4v) is 3.98. The molecular weight excluding hydrogens is 264 g/mol. The van der Waals surface area contributed by atoms with Gasteiger partial charge in [0.1, 0.15) is 0 Å². The summed E-state index contributed by atoms with van der Waals surface area (Å²) in [7, 11) is 0. The highest BCUT2D eigenvalue weighted by Crippen LogP contribution is 2.54. The minimum atomic E-state index is 0.246. The number of allylic oxidation sites excluding steroid dienone is 4. The van der Waals surface area contributed by atoms with Crippen LogP contribution in [0.5, 0.6) is 0 Å². The summed E-state index contributed by atoms with van der Waals surface area (Å²) < 4.78 is 0. The highest BCUT2D eigenvalue weighted by Gasteiger charge is 2.45. The van der Waals surface area contributed by atoms with Crippen molar-refractivity contribution < 1.29 is 0 Å². The Balaban J connectivity index is 2.50. The minimum absolute atomic E-state index is 0.246. The van der Waals surface area contributed by atoms with Crippen molar-refractivity contribution in [3.05, 3.63) is 59.2 Å². The van der Waals surface area contributed by atoms with Crippen molar-refractivity contribution in [3.63, 3.8) is 0 Å². The van der Waals surface area contributed by atoms with Crippen LogP contribution in [0, 0.1) is 11.3 Å². The van der Waals surface area contributed by atoms with Crippen LogP contribution in [-0.2, 0) is 5.41 Å². The molecule has 1 saturated carbocycles. The van der Waals surface area contributed by atoms with Crippen molar-refractivity contribution >= 4 is 0 Å². The summed E-state index contributed by atoms with van der Waals surface area (Å²) in [6.45, 7) is 14.1. The Morgan fingerprint density at radius 2 is 1.82 bits per heavy atom. The summed E-state index contributed by atoms with van der Waals surface area (Å²) in [6.07, 6.45) is 8.47. The Morgan fingerprint density at radius 3 is 2.36 bits per heavy atom. The third kappa shape index (κ3) is 2.93. The predicted molar refractivity (Wildman–Crippen MR) is 98.1 cm³/mol. The van der Waals surface area contributed by atoms with Crippen molar-refractivity contribution in [2.24, 2.45) is 11.3 Å². The SMILES string of the molecule is C/C=C(C)\C=C1/C(C)C(C)(c2ccccc2)CCC1(C)CC. The van der Waals surface area contributed by atoms with Crippen LogP contribution in [0.25, 0.3) is 0 Å². The van der Waals surface area contributed by atoms with Crippen molar-refractivity contribution in [3.8, 4) is 0 Å². The van der Waals surface area contributed by atoms with E-state index >= 15 is 0 Å². The maximum absolute atomic E-state index is 2.47. The van der Waals surface area contributed by atoms with Gasteiger partial charge in [0.25, 0.3) is 0 Å². The molecule has 1 aromatic carbocycles. The molecule has 0 saturated heterocycles. The van der Waals surface area contributed by atoms with Gasteiger partial charge in [-0.05, 0) is 55.4 Å². The van der Waals surface area contributed by atoms with Gasteiger partial charge in [-0.1, -0.05) is 81.3 Å². The van der Waals surface area contributed by atoms with E-state index in [1.54, 1.807) is 5.57 Å². The van der Waals surface area contributed by atoms with Gasteiger partial charge in [-0.2, -0.15) is 0 Å². The molecule has 1 fully saturated rings. The van der Waals surface area contributed by atoms with E-state index in [0.717, 1.165) is 0 Å². The van der Waals surface area contributed by atoms with Gasteiger partial charge in [0.15, 0.2) is 0 Å². The minimum Gasteiger partial charge on any atom is -0.0847 e. The molecule has 1 aliphatic rings. The number of benzene rings is 1. The van der Waals surface area contributed by atoms with E-state index in [1.165, 1.54) is 30.4 Å². The van der Waals surface area contributed by atoms with E-state index < -0.39 is 0 Å². The van der Waals surface area contributed by atoms with Crippen LogP contribution < -0.4 is 0 Å². The van der Waals surface area contributed by atoms with Gasteiger partial charge < -0.3 is 0 Å². The van der Waals surface area contributed by atoms with Crippen LogP contribution in [0.1, 0.15) is 66.4 Å². The van der Waals surface area contributed by atoms with Gasteiger partial charge in [0, 0.05) is 0 Å². The standard InChI is InChI=1S/C22H32/c1-7-17(3)16-20-18(4)22(6,15-14-21(20,5)8-2)19-12-10-9-11-13-19/h7,9-13,16,18H,8,14-15H2,1-6H3/b17-7-,20-16+. The highest BCUT2D eigenvalue weighted by molar-refractivity contribution is 5.37. The van der Waals surface area contributed by atoms with Gasteiger partial charge in [-0.25, -0.2) is 0 Å². The Kier molecular flexibility index (Phi) is 5.00. The Bertz CT molecular complexity index is 563. The topological polar surface area (TPSA) is 0 Å². The van der Waals surface area contributed by atoms with E-state index in [4.69, 9.17) is 0 Å². The van der Waals surface area contributed by atoms with Crippen molar-refractivity contribution in [2.75, 3.05) is 0 Å². The van der Waals surface area contributed by atoms with Crippen LogP contribution in [0.2, 0.25) is 0 Å². The smallest absolute Gasteiger partial charge is 0.00119 e. The molecule has 0 aromatic heterocycles. The molecule has 0 heteroatoms. The molecule has 1 aliphatic carbocycles. The van der Waals surface area contributed by atoms with E-state index in [1.807, 2.05) is 0 Å². The average molecular weight is 296 g/mol. The van der Waals surface area contributed by atoms with Gasteiger partial charge in [-0.15, -0.1) is 0 Å². The molecular formula is C22H32. The van der Waals surface area contributed by atoms with Crippen LogP contribution in [0.3, 0.4) is 0 Å². The molecule has 0 bridgehead atoms. The molecule has 2 rings (SSSR count). The second-order valence-electron chi connectivity index (χ2n) is 7.55. The quantitative estimate of drug-likeness (QED) is 0.583. The summed E-state index contributed by atoms with van der Waals surface area (Å²) in [4.78, 5) is 0. The molecule has 3 atom stereocenters. The van der Waals surface area contributed by atoms with Crippen molar-refractivity contribution in [1.82, 2.24) is 0 Å². The third-order valence-corrected chi connectivity index (χ3v) is 6.37. The molecule has 120 valence electrons. The molecule has 0 aliphatic heterocycles. The first kappa shape index (κ1) is 17.1. The molecule has 0 spiro atoms. The van der Waals surface area contributed by atoms with Crippen molar-refractivity contribution in [2.45, 2.75) is 66.2 Å². The molecule has 3 unspecified atom stereocenters. The third-order valence-electron chi connectivity index (χ3n) is 6.37. The summed E-state index contributed by atoms with van der Waals surface area (Å²) in [5.41, 5.74) is 5.11. The fraction of sp³-hybridized carbons (Fsp3) is 0.545. The van der Waals surface area contributed by atoms with Gasteiger partial charge in [-0.3, -0.25) is 0 Å². The lowest BCUT2D eigenvalue weighted by molar-refractivity contribution is 0.169. The molecule has 0 N–H and O–H groups in total. The molecule has 0 heterocycles. The lowest BCUT2D eigenvalue weighted by Crippen LogP contribution is -2.42. The number of hydrogen-bond acceptors (Lipinski definition) is 0. The zero-order chi connectivity index (χ0) is 16.4. The summed E-state index contributed by atoms with van der Waals surface area (Å²) >= 11 is 0. The van der Waals surface area contributed by atoms with Gasteiger partial charge in [0.05, 0.1) is 0 Å². The lowest BCUT2D eigenvalue weighted by Gasteiger charge is -2.50. The molecule has 0 nitrogen and oxygen atoms in total. The largest absolute Gasteiger partial charge is 0.0847 e. The number of rotatable bonds is 3.